The molecule has 0 aromatic heterocycles. The van der Waals surface area contributed by atoms with Gasteiger partial charge in [0.2, 0.25) is 0 Å². The first-order chi connectivity index (χ1) is 21.3. The van der Waals surface area contributed by atoms with Crippen LogP contribution < -0.4 is 16.0 Å². The molecule has 0 heterocycles. The lowest BCUT2D eigenvalue weighted by Crippen LogP contribution is -2.49. The summed E-state index contributed by atoms with van der Waals surface area (Å²) in [6.07, 6.45) is 3.94. The maximum absolute atomic E-state index is 13.0. The Kier molecular flexibility index (Phi) is 12.0. The topological polar surface area (TPSA) is 107 Å². The molecule has 0 radical (unpaired) electrons. The molecule has 3 rings (SSSR count). The van der Waals surface area contributed by atoms with Gasteiger partial charge in [0.05, 0.1) is 11.5 Å². The van der Waals surface area contributed by atoms with Gasteiger partial charge in [0.1, 0.15) is 11.9 Å². The first-order valence-corrected chi connectivity index (χ1v) is 16.0. The lowest BCUT2D eigenvalue weighted by Gasteiger charge is -2.39. The van der Waals surface area contributed by atoms with Crippen LogP contribution in [0.3, 0.4) is 0 Å². The molecule has 2 unspecified atom stereocenters. The molecule has 8 heteroatoms. The lowest BCUT2D eigenvalue weighted by atomic mass is 9.67. The zero-order valence-corrected chi connectivity index (χ0v) is 28.6. The normalized spacial score (nSPS) is 17.3. The van der Waals surface area contributed by atoms with Crippen LogP contribution in [-0.2, 0) is 18.3 Å². The minimum Gasteiger partial charge on any atom is -0.378 e. The Morgan fingerprint density at radius 1 is 1.02 bits per heavy atom. The van der Waals surface area contributed by atoms with E-state index < -0.39 is 5.41 Å². The third-order valence-corrected chi connectivity index (χ3v) is 9.14. The number of amidine groups is 1. The maximum atomic E-state index is 13.0. The average molecular weight is 612 g/mol. The van der Waals surface area contributed by atoms with E-state index in [1.165, 1.54) is 5.56 Å². The van der Waals surface area contributed by atoms with E-state index in [1.54, 1.807) is 19.0 Å². The van der Waals surface area contributed by atoms with E-state index in [0.717, 1.165) is 59.3 Å². The zero-order valence-electron chi connectivity index (χ0n) is 28.6. The van der Waals surface area contributed by atoms with E-state index in [0.29, 0.717) is 30.3 Å². The van der Waals surface area contributed by atoms with Crippen LogP contribution in [0.2, 0.25) is 0 Å². The van der Waals surface area contributed by atoms with Crippen molar-refractivity contribution in [3.8, 4) is 6.07 Å². The molecular formula is C37H53N7O. The Bertz CT molecular complexity index is 1380. The minimum absolute atomic E-state index is 0.0225. The second-order valence-corrected chi connectivity index (χ2v) is 13.0. The van der Waals surface area contributed by atoms with Crippen molar-refractivity contribution in [1.29, 1.82) is 10.7 Å². The number of benzene rings is 2. The van der Waals surface area contributed by atoms with Crippen LogP contribution in [0, 0.1) is 22.7 Å². The summed E-state index contributed by atoms with van der Waals surface area (Å²) in [4.78, 5) is 16.6. The number of carbonyl (C=O) groups is 1. The van der Waals surface area contributed by atoms with Gasteiger partial charge in [-0.05, 0) is 84.5 Å². The number of rotatable bonds is 14. The summed E-state index contributed by atoms with van der Waals surface area (Å²) in [5.74, 6) is 0.818. The van der Waals surface area contributed by atoms with Crippen LogP contribution >= 0.6 is 0 Å². The fraction of sp³-hybridized carbons (Fsp3) is 0.486. The van der Waals surface area contributed by atoms with Crippen LogP contribution in [0.4, 0.5) is 0 Å². The first kappa shape index (κ1) is 35.4. The summed E-state index contributed by atoms with van der Waals surface area (Å²) in [5, 5.41) is 29.3. The van der Waals surface area contributed by atoms with E-state index in [1.807, 2.05) is 38.2 Å². The molecule has 0 bridgehead atoms. The number of hydrogen-bond acceptors (Lipinski definition) is 6. The summed E-state index contributed by atoms with van der Waals surface area (Å²) >= 11 is 0. The number of hydrogen-bond donors (Lipinski definition) is 4. The van der Waals surface area contributed by atoms with Crippen LogP contribution in [-0.4, -0.2) is 75.4 Å². The van der Waals surface area contributed by atoms with Crippen molar-refractivity contribution in [3.63, 3.8) is 0 Å². The monoisotopic (exact) mass is 611 g/mol. The van der Waals surface area contributed by atoms with Gasteiger partial charge in [0, 0.05) is 64.8 Å². The van der Waals surface area contributed by atoms with E-state index in [2.05, 4.69) is 80.2 Å². The number of fused-ring (bicyclic) bond motifs is 2. The van der Waals surface area contributed by atoms with Crippen LogP contribution in [0.5, 0.6) is 0 Å². The standard InChI is InChI=1S/C37H53N7O/c1-11-24(2)18-32(22-38)42-26(4)23-41-25(3)21-37(36(39)40-6)33-16-14-28(27(5)43(7)8)19-29(33)12-13-30-20-31(15-17-34(30)37)35(45)44(9)10/h14-17,19-20,24-25,32,41-42H,4-5,11-13,18,21,23H2,1-3,6-10H3,(H2,39,40)/t24-,25+,32?,37?/m0/s1. The number of aryl methyl sites for hydroxylation is 2. The number of likely N-dealkylation sites (N-methyl/N-ethyl adjacent to an activating group) is 1. The van der Waals surface area contributed by atoms with Crippen molar-refractivity contribution in [2.45, 2.75) is 70.4 Å². The Hall–Kier alpha value is -4.09. The predicted molar refractivity (Wildman–Crippen MR) is 186 cm³/mol. The van der Waals surface area contributed by atoms with E-state index in [4.69, 9.17) is 0 Å². The molecule has 4 atom stereocenters. The Morgan fingerprint density at radius 3 is 2.11 bits per heavy atom. The molecule has 2 aromatic rings. The molecule has 0 saturated carbocycles. The minimum atomic E-state index is -0.791. The fourth-order valence-corrected chi connectivity index (χ4v) is 6.32. The van der Waals surface area contributed by atoms with Gasteiger partial charge in [-0.15, -0.1) is 0 Å². The van der Waals surface area contributed by atoms with Crippen LogP contribution in [0.1, 0.15) is 78.2 Å². The second-order valence-electron chi connectivity index (χ2n) is 13.0. The number of carbonyl (C=O) groups excluding carboxylic acids is 1. The van der Waals surface area contributed by atoms with E-state index in [-0.39, 0.29) is 18.0 Å². The van der Waals surface area contributed by atoms with Gasteiger partial charge in [-0.25, -0.2) is 0 Å². The predicted octanol–water partition coefficient (Wildman–Crippen LogP) is 5.30. The Morgan fingerprint density at radius 2 is 1.60 bits per heavy atom. The molecule has 4 N–H and O–H groups in total. The highest BCUT2D eigenvalue weighted by Gasteiger charge is 2.44. The van der Waals surface area contributed by atoms with Crippen molar-refractivity contribution in [3.05, 3.63) is 88.6 Å². The Balaban J connectivity index is 2.07. The quantitative estimate of drug-likeness (QED) is 0.171. The molecule has 0 saturated heterocycles. The largest absolute Gasteiger partial charge is 0.378 e. The number of nitrogens with zero attached hydrogens (tertiary/aromatic N) is 3. The fourth-order valence-electron chi connectivity index (χ4n) is 6.32. The first-order valence-electron chi connectivity index (χ1n) is 16.0. The molecule has 0 spiro atoms. The number of amides is 1. The van der Waals surface area contributed by atoms with Gasteiger partial charge in [0.15, 0.2) is 0 Å². The average Bonchev–Trinajstić information content (AvgIpc) is 3.16. The summed E-state index contributed by atoms with van der Waals surface area (Å²) in [6.45, 7) is 15.4. The third-order valence-electron chi connectivity index (χ3n) is 9.14. The molecule has 242 valence electrons. The molecule has 1 amide bonds. The van der Waals surface area contributed by atoms with Gasteiger partial charge >= 0.3 is 0 Å². The number of nitriles is 1. The smallest absolute Gasteiger partial charge is 0.253 e. The molecule has 1 aliphatic carbocycles. The van der Waals surface area contributed by atoms with Gasteiger partial charge in [0.25, 0.3) is 5.91 Å². The van der Waals surface area contributed by atoms with Crippen molar-refractivity contribution in [2.75, 3.05) is 41.8 Å². The van der Waals surface area contributed by atoms with Gasteiger partial charge < -0.3 is 25.8 Å². The van der Waals surface area contributed by atoms with Crippen LogP contribution in [0.15, 0.2) is 55.3 Å². The summed E-state index contributed by atoms with van der Waals surface area (Å²) in [5.41, 5.74) is 6.99. The SMILES string of the molecule is C=C(CN[C@H](C)CC1(C(=N)NC)c2ccc(C(=C)N(C)C)cc2CCc2cc(C(=O)N(C)C)ccc21)NC(C#N)C[C@@H](C)CC. The van der Waals surface area contributed by atoms with Crippen LogP contribution in [0.25, 0.3) is 5.70 Å². The molecule has 1 aliphatic rings. The highest BCUT2D eigenvalue weighted by molar-refractivity contribution is 5.97. The van der Waals surface area contributed by atoms with Gasteiger partial charge in [-0.3, -0.25) is 10.2 Å². The second kappa shape index (κ2) is 15.3. The van der Waals surface area contributed by atoms with Gasteiger partial charge in [-0.2, -0.15) is 5.26 Å². The lowest BCUT2D eigenvalue weighted by molar-refractivity contribution is 0.0827. The van der Waals surface area contributed by atoms with E-state index in [9.17, 15) is 15.5 Å². The highest BCUT2D eigenvalue weighted by Crippen LogP contribution is 2.44. The molecule has 0 fully saturated rings. The molecule has 0 aliphatic heterocycles. The molecular weight excluding hydrogens is 558 g/mol. The molecule has 2 aromatic carbocycles. The van der Waals surface area contributed by atoms with Crippen molar-refractivity contribution >= 4 is 17.4 Å². The number of nitrogens with one attached hydrogen (secondary N) is 4. The van der Waals surface area contributed by atoms with Gasteiger partial charge in [-0.1, -0.05) is 51.6 Å². The van der Waals surface area contributed by atoms with Crippen molar-refractivity contribution in [2.24, 2.45) is 5.92 Å². The van der Waals surface area contributed by atoms with E-state index >= 15 is 0 Å². The summed E-state index contributed by atoms with van der Waals surface area (Å²) in [6, 6.07) is 14.5. The summed E-state index contributed by atoms with van der Waals surface area (Å²) in [7, 11) is 9.33. The van der Waals surface area contributed by atoms with Crippen molar-refractivity contribution in [1.82, 2.24) is 25.8 Å². The zero-order chi connectivity index (χ0) is 33.5. The third kappa shape index (κ3) is 7.96. The highest BCUT2D eigenvalue weighted by atomic mass is 16.2. The summed E-state index contributed by atoms with van der Waals surface area (Å²) < 4.78 is 0. The Labute approximate surface area is 271 Å². The molecule has 8 nitrogen and oxygen atoms in total. The maximum Gasteiger partial charge on any atom is 0.253 e. The van der Waals surface area contributed by atoms with Crippen molar-refractivity contribution < 1.29 is 4.79 Å². The molecule has 45 heavy (non-hydrogen) atoms.